The summed E-state index contributed by atoms with van der Waals surface area (Å²) in [6.45, 7) is 3.73. The Balaban J connectivity index is 2.00. The van der Waals surface area contributed by atoms with Crippen molar-refractivity contribution in [3.8, 4) is 0 Å². The zero-order valence-corrected chi connectivity index (χ0v) is 12.7. The van der Waals surface area contributed by atoms with Gasteiger partial charge in [-0.05, 0) is 25.6 Å². The van der Waals surface area contributed by atoms with Crippen molar-refractivity contribution in [1.29, 1.82) is 0 Å². The minimum absolute atomic E-state index is 0.444. The molecule has 3 nitrogen and oxygen atoms in total. The molecule has 0 aliphatic carbocycles. The Labute approximate surface area is 123 Å². The fraction of sp³-hybridized carbons (Fsp3) is 0.286. The normalized spacial score (nSPS) is 10.9. The van der Waals surface area contributed by atoms with Crippen LogP contribution in [-0.4, -0.2) is 21.9 Å². The molecule has 0 spiro atoms. The molecule has 5 heteroatoms. The lowest BCUT2D eigenvalue weighted by Crippen LogP contribution is -2.18. The average Bonchev–Trinajstić information content (AvgIpc) is 2.74. The molecule has 0 aliphatic heterocycles. The standard InChI is InChI=1S/C14H17N3S2/c1-10-16-13(9-19-10)8-17(2)7-11-4-3-5-12(6-11)14(15)18/h3-6,9H,7-8H2,1-2H3,(H2,15,18). The van der Waals surface area contributed by atoms with Gasteiger partial charge in [0, 0.05) is 24.0 Å². The van der Waals surface area contributed by atoms with Gasteiger partial charge in [-0.15, -0.1) is 11.3 Å². The van der Waals surface area contributed by atoms with E-state index in [1.54, 1.807) is 11.3 Å². The molecule has 2 aromatic rings. The van der Waals surface area contributed by atoms with Crippen LogP contribution in [0.25, 0.3) is 0 Å². The van der Waals surface area contributed by atoms with Crippen molar-refractivity contribution in [3.63, 3.8) is 0 Å². The first-order valence-corrected chi connectivity index (χ1v) is 7.31. The predicted octanol–water partition coefficient (Wildman–Crippen LogP) is 2.72. The number of nitrogens with zero attached hydrogens (tertiary/aromatic N) is 2. The Hall–Kier alpha value is -1.30. The first kappa shape index (κ1) is 14.1. The van der Waals surface area contributed by atoms with Gasteiger partial charge in [0.1, 0.15) is 4.99 Å². The summed E-state index contributed by atoms with van der Waals surface area (Å²) in [5, 5.41) is 3.22. The zero-order valence-electron chi connectivity index (χ0n) is 11.1. The molecular weight excluding hydrogens is 274 g/mol. The van der Waals surface area contributed by atoms with Crippen molar-refractivity contribution in [3.05, 3.63) is 51.5 Å². The Morgan fingerprint density at radius 3 is 2.84 bits per heavy atom. The van der Waals surface area contributed by atoms with Crippen LogP contribution in [0.2, 0.25) is 0 Å². The molecule has 0 bridgehead atoms. The summed E-state index contributed by atoms with van der Waals surface area (Å²) in [6, 6.07) is 8.07. The molecular formula is C14H17N3S2. The smallest absolute Gasteiger partial charge is 0.103 e. The van der Waals surface area contributed by atoms with Crippen LogP contribution in [0.3, 0.4) is 0 Å². The highest BCUT2D eigenvalue weighted by Gasteiger charge is 2.05. The summed E-state index contributed by atoms with van der Waals surface area (Å²) < 4.78 is 0. The van der Waals surface area contributed by atoms with E-state index in [1.165, 1.54) is 5.56 Å². The Morgan fingerprint density at radius 2 is 2.21 bits per heavy atom. The number of hydrogen-bond donors (Lipinski definition) is 1. The molecule has 100 valence electrons. The molecule has 1 heterocycles. The minimum Gasteiger partial charge on any atom is -0.389 e. The van der Waals surface area contributed by atoms with E-state index in [9.17, 15) is 0 Å². The van der Waals surface area contributed by atoms with Crippen molar-refractivity contribution in [2.45, 2.75) is 20.0 Å². The Bertz CT molecular complexity index is 578. The maximum Gasteiger partial charge on any atom is 0.103 e. The van der Waals surface area contributed by atoms with Gasteiger partial charge in [0.15, 0.2) is 0 Å². The molecule has 0 saturated carbocycles. The van der Waals surface area contributed by atoms with Crippen LogP contribution in [0.1, 0.15) is 21.8 Å². The second kappa shape index (κ2) is 6.23. The number of hydrogen-bond acceptors (Lipinski definition) is 4. The summed E-state index contributed by atoms with van der Waals surface area (Å²) in [6.07, 6.45) is 0. The van der Waals surface area contributed by atoms with Crippen LogP contribution < -0.4 is 5.73 Å². The molecule has 19 heavy (non-hydrogen) atoms. The number of nitrogens with two attached hydrogens (primary N) is 1. The number of thiazole rings is 1. The van der Waals surface area contributed by atoms with Crippen LogP contribution >= 0.6 is 23.6 Å². The lowest BCUT2D eigenvalue weighted by atomic mass is 10.1. The van der Waals surface area contributed by atoms with Crippen molar-refractivity contribution < 1.29 is 0 Å². The van der Waals surface area contributed by atoms with E-state index in [1.807, 2.05) is 25.1 Å². The molecule has 0 aliphatic rings. The van der Waals surface area contributed by atoms with E-state index in [4.69, 9.17) is 18.0 Å². The van der Waals surface area contributed by atoms with Gasteiger partial charge >= 0.3 is 0 Å². The summed E-state index contributed by atoms with van der Waals surface area (Å²) in [5.74, 6) is 0. The fourth-order valence-electron chi connectivity index (χ4n) is 1.95. The summed E-state index contributed by atoms with van der Waals surface area (Å²) in [4.78, 5) is 7.15. The van der Waals surface area contributed by atoms with E-state index in [0.717, 1.165) is 29.4 Å². The number of aromatic nitrogens is 1. The van der Waals surface area contributed by atoms with Crippen LogP contribution in [0.5, 0.6) is 0 Å². The van der Waals surface area contributed by atoms with Gasteiger partial charge in [-0.1, -0.05) is 30.4 Å². The highest BCUT2D eigenvalue weighted by Crippen LogP contribution is 2.12. The van der Waals surface area contributed by atoms with Gasteiger partial charge in [-0.2, -0.15) is 0 Å². The van der Waals surface area contributed by atoms with Crippen LogP contribution in [0.4, 0.5) is 0 Å². The molecule has 0 amide bonds. The first-order valence-electron chi connectivity index (χ1n) is 6.03. The molecule has 1 aromatic carbocycles. The Kier molecular flexibility index (Phi) is 4.63. The number of benzene rings is 1. The lowest BCUT2D eigenvalue weighted by molar-refractivity contribution is 0.315. The molecule has 2 N–H and O–H groups in total. The predicted molar refractivity (Wildman–Crippen MR) is 84.4 cm³/mol. The van der Waals surface area contributed by atoms with E-state index in [-0.39, 0.29) is 0 Å². The third-order valence-electron chi connectivity index (χ3n) is 2.76. The van der Waals surface area contributed by atoms with Crippen molar-refractivity contribution in [2.24, 2.45) is 5.73 Å². The van der Waals surface area contributed by atoms with Gasteiger partial charge in [-0.3, -0.25) is 4.90 Å². The fourth-order valence-corrected chi connectivity index (χ4v) is 2.68. The number of thiocarbonyl (C=S) groups is 1. The van der Waals surface area contributed by atoms with Crippen molar-refractivity contribution in [1.82, 2.24) is 9.88 Å². The van der Waals surface area contributed by atoms with Gasteiger partial charge in [0.2, 0.25) is 0 Å². The highest BCUT2D eigenvalue weighted by molar-refractivity contribution is 7.80. The van der Waals surface area contributed by atoms with E-state index < -0.39 is 0 Å². The lowest BCUT2D eigenvalue weighted by Gasteiger charge is -2.15. The van der Waals surface area contributed by atoms with Gasteiger partial charge in [0.25, 0.3) is 0 Å². The topological polar surface area (TPSA) is 42.2 Å². The van der Waals surface area contributed by atoms with Crippen molar-refractivity contribution >= 4 is 28.5 Å². The monoisotopic (exact) mass is 291 g/mol. The SMILES string of the molecule is Cc1nc(CN(C)Cc2cccc(C(N)=S)c2)cs1. The maximum absolute atomic E-state index is 5.65. The summed E-state index contributed by atoms with van der Waals surface area (Å²) >= 11 is 6.69. The van der Waals surface area contributed by atoms with Crippen LogP contribution in [0, 0.1) is 6.92 Å². The molecule has 2 rings (SSSR count). The third kappa shape index (κ3) is 4.09. The van der Waals surface area contributed by atoms with E-state index in [0.29, 0.717) is 4.99 Å². The minimum atomic E-state index is 0.444. The third-order valence-corrected chi connectivity index (χ3v) is 3.82. The van der Waals surface area contributed by atoms with Crippen LogP contribution in [-0.2, 0) is 13.1 Å². The molecule has 0 saturated heterocycles. The quantitative estimate of drug-likeness (QED) is 0.860. The molecule has 0 radical (unpaired) electrons. The second-order valence-electron chi connectivity index (χ2n) is 4.59. The molecule has 0 atom stereocenters. The molecule has 1 aromatic heterocycles. The molecule has 0 unspecified atom stereocenters. The van der Waals surface area contributed by atoms with Crippen molar-refractivity contribution in [2.75, 3.05) is 7.05 Å². The summed E-state index contributed by atoms with van der Waals surface area (Å²) in [7, 11) is 2.09. The highest BCUT2D eigenvalue weighted by atomic mass is 32.1. The first-order chi connectivity index (χ1) is 9.04. The number of aryl methyl sites for hydroxylation is 1. The maximum atomic E-state index is 5.65. The van der Waals surface area contributed by atoms with Gasteiger partial charge in [0.05, 0.1) is 10.7 Å². The average molecular weight is 291 g/mol. The van der Waals surface area contributed by atoms with Gasteiger partial charge < -0.3 is 5.73 Å². The van der Waals surface area contributed by atoms with E-state index >= 15 is 0 Å². The van der Waals surface area contributed by atoms with Crippen LogP contribution in [0.15, 0.2) is 29.6 Å². The largest absolute Gasteiger partial charge is 0.389 e. The zero-order chi connectivity index (χ0) is 13.8. The molecule has 0 fully saturated rings. The van der Waals surface area contributed by atoms with E-state index in [2.05, 4.69) is 28.4 Å². The van der Waals surface area contributed by atoms with Gasteiger partial charge in [-0.25, -0.2) is 4.98 Å². The Morgan fingerprint density at radius 1 is 1.42 bits per heavy atom. The summed E-state index contributed by atoms with van der Waals surface area (Å²) in [5.41, 5.74) is 8.90. The number of rotatable bonds is 5. The second-order valence-corrected chi connectivity index (χ2v) is 6.10.